The lowest BCUT2D eigenvalue weighted by Gasteiger charge is -2.32. The Labute approximate surface area is 253 Å². The summed E-state index contributed by atoms with van der Waals surface area (Å²) in [6.45, 7) is 1.99. The van der Waals surface area contributed by atoms with Gasteiger partial charge in [0.2, 0.25) is 0 Å². The number of phenolic OH excluding ortho intramolecular Hbond substituents is 2. The van der Waals surface area contributed by atoms with E-state index in [1.54, 1.807) is 72.8 Å². The molecule has 10 nitrogen and oxygen atoms in total. The van der Waals surface area contributed by atoms with E-state index in [1.165, 1.54) is 24.3 Å². The highest BCUT2D eigenvalue weighted by molar-refractivity contribution is 7.86. The average Bonchev–Trinajstić information content (AvgIpc) is 2.98. The van der Waals surface area contributed by atoms with Crippen molar-refractivity contribution < 1.29 is 45.6 Å². The third kappa shape index (κ3) is 6.53. The second kappa shape index (κ2) is 11.7. The lowest BCUT2D eigenvalue weighted by molar-refractivity contribution is 0.441. The Kier molecular flexibility index (Phi) is 8.10. The fraction of sp³-hybridized carbons (Fsp3) is 0.0625. The normalized spacial score (nSPS) is 12.1. The molecule has 0 aliphatic carbocycles. The summed E-state index contributed by atoms with van der Waals surface area (Å²) >= 11 is 0. The molecule has 0 aliphatic rings. The van der Waals surface area contributed by atoms with Crippen LogP contribution in [0, 0.1) is 0 Å². The van der Waals surface area contributed by atoms with Crippen molar-refractivity contribution in [1.29, 1.82) is 0 Å². The van der Waals surface area contributed by atoms with E-state index in [-0.39, 0.29) is 34.5 Å². The van der Waals surface area contributed by atoms with Gasteiger partial charge in [-0.25, -0.2) is 0 Å². The highest BCUT2D eigenvalue weighted by atomic mass is 32.2. The zero-order valence-corrected chi connectivity index (χ0v) is 24.7. The molecule has 5 aromatic carbocycles. The van der Waals surface area contributed by atoms with Crippen molar-refractivity contribution in [2.75, 3.05) is 0 Å². The fourth-order valence-electron chi connectivity index (χ4n) is 4.74. The van der Waals surface area contributed by atoms with Crippen LogP contribution in [0.5, 0.6) is 34.5 Å². The van der Waals surface area contributed by atoms with Crippen LogP contribution < -0.4 is 9.47 Å². The standard InChI is InChI=1S/C32H26O10S2/c1-32(21-5-11-24(33)12-6-21,22-7-13-25(34)14-8-22)23-9-15-26(16-10-23)42-30-18-17-28(20-31(30)44(38,39)40)41-27-3-2-4-29(19-27)43(35,36)37/h2-20,33-34H,1H3,(H,35,36,37)(H,38,39,40). The minimum atomic E-state index is -4.79. The number of benzene rings is 5. The van der Waals surface area contributed by atoms with Crippen LogP contribution >= 0.6 is 0 Å². The maximum absolute atomic E-state index is 12.3. The van der Waals surface area contributed by atoms with Gasteiger partial charge >= 0.3 is 0 Å². The predicted molar refractivity (Wildman–Crippen MR) is 161 cm³/mol. The van der Waals surface area contributed by atoms with Gasteiger partial charge in [-0.05, 0) is 84.3 Å². The second-order valence-electron chi connectivity index (χ2n) is 9.98. The first kappa shape index (κ1) is 30.6. The SMILES string of the molecule is CC(c1ccc(O)cc1)(c1ccc(O)cc1)c1ccc(Oc2ccc(Oc3cccc(S(=O)(=O)O)c3)cc2S(=O)(=O)O)cc1. The molecule has 0 aromatic heterocycles. The van der Waals surface area contributed by atoms with E-state index in [2.05, 4.69) is 0 Å². The summed E-state index contributed by atoms with van der Waals surface area (Å²) in [7, 11) is -9.29. The van der Waals surface area contributed by atoms with Gasteiger partial charge < -0.3 is 19.7 Å². The molecule has 5 aromatic rings. The van der Waals surface area contributed by atoms with Gasteiger partial charge in [-0.2, -0.15) is 16.8 Å². The van der Waals surface area contributed by atoms with Crippen molar-refractivity contribution in [2.24, 2.45) is 0 Å². The Hall–Kier alpha value is -4.88. The molecule has 0 fully saturated rings. The molecule has 0 radical (unpaired) electrons. The molecule has 0 unspecified atom stereocenters. The molecule has 0 bridgehead atoms. The van der Waals surface area contributed by atoms with Gasteiger partial charge in [0.1, 0.15) is 39.4 Å². The minimum absolute atomic E-state index is 0.00373. The Balaban J connectivity index is 1.46. The van der Waals surface area contributed by atoms with Gasteiger partial charge in [-0.1, -0.05) is 42.5 Å². The number of phenols is 2. The van der Waals surface area contributed by atoms with E-state index in [1.807, 2.05) is 6.92 Å². The highest BCUT2D eigenvalue weighted by Gasteiger charge is 2.31. The first-order valence-corrected chi connectivity index (χ1v) is 15.9. The van der Waals surface area contributed by atoms with Crippen LogP contribution in [0.2, 0.25) is 0 Å². The van der Waals surface area contributed by atoms with Crippen molar-refractivity contribution in [3.63, 3.8) is 0 Å². The molecule has 5 rings (SSSR count). The van der Waals surface area contributed by atoms with Gasteiger partial charge in [0.05, 0.1) is 4.90 Å². The van der Waals surface area contributed by atoms with E-state index >= 15 is 0 Å². The van der Waals surface area contributed by atoms with Gasteiger partial charge in [-0.15, -0.1) is 0 Å². The molecule has 0 atom stereocenters. The van der Waals surface area contributed by atoms with E-state index in [0.29, 0.717) is 0 Å². The zero-order chi connectivity index (χ0) is 31.7. The van der Waals surface area contributed by atoms with Gasteiger partial charge in [-0.3, -0.25) is 9.11 Å². The maximum atomic E-state index is 12.3. The van der Waals surface area contributed by atoms with Crippen LogP contribution in [-0.2, 0) is 25.7 Å². The summed E-state index contributed by atoms with van der Waals surface area (Å²) < 4.78 is 78.0. The quantitative estimate of drug-likeness (QED) is 0.103. The smallest absolute Gasteiger partial charge is 0.298 e. The van der Waals surface area contributed by atoms with E-state index in [9.17, 15) is 36.2 Å². The van der Waals surface area contributed by atoms with E-state index < -0.39 is 35.4 Å². The minimum Gasteiger partial charge on any atom is -0.508 e. The molecule has 0 amide bonds. The number of hydrogen-bond donors (Lipinski definition) is 4. The molecule has 0 aliphatic heterocycles. The number of rotatable bonds is 9. The lowest BCUT2D eigenvalue weighted by Crippen LogP contribution is -2.25. The fourth-order valence-corrected chi connectivity index (χ4v) is 5.89. The van der Waals surface area contributed by atoms with Crippen LogP contribution in [0.15, 0.2) is 125 Å². The molecule has 12 heteroatoms. The summed E-state index contributed by atoms with van der Waals surface area (Å²) in [4.78, 5) is -1.01. The highest BCUT2D eigenvalue weighted by Crippen LogP contribution is 2.41. The van der Waals surface area contributed by atoms with E-state index in [0.717, 1.165) is 34.9 Å². The largest absolute Gasteiger partial charge is 0.508 e. The molecule has 0 saturated carbocycles. The van der Waals surface area contributed by atoms with Crippen molar-refractivity contribution in [1.82, 2.24) is 0 Å². The third-order valence-electron chi connectivity index (χ3n) is 7.08. The summed E-state index contributed by atoms with van der Waals surface area (Å²) in [5.74, 6) is 0.236. The number of aromatic hydroxyl groups is 2. The van der Waals surface area contributed by atoms with Crippen molar-refractivity contribution >= 4 is 20.2 Å². The Morgan fingerprint density at radius 3 is 1.52 bits per heavy atom. The van der Waals surface area contributed by atoms with Crippen LogP contribution in [0.3, 0.4) is 0 Å². The van der Waals surface area contributed by atoms with E-state index in [4.69, 9.17) is 9.47 Å². The first-order chi connectivity index (χ1) is 20.7. The summed E-state index contributed by atoms with van der Waals surface area (Å²) in [5, 5.41) is 19.7. The number of hydrogen-bond acceptors (Lipinski definition) is 8. The molecule has 4 N–H and O–H groups in total. The molecule has 226 valence electrons. The topological polar surface area (TPSA) is 168 Å². The van der Waals surface area contributed by atoms with Crippen LogP contribution in [0.4, 0.5) is 0 Å². The summed E-state index contributed by atoms with van der Waals surface area (Å²) in [6, 6.07) is 29.0. The van der Waals surface area contributed by atoms with Crippen molar-refractivity contribution in [2.45, 2.75) is 22.1 Å². The van der Waals surface area contributed by atoms with Crippen LogP contribution in [0.25, 0.3) is 0 Å². The summed E-state index contributed by atoms with van der Waals surface area (Å²) in [5.41, 5.74) is 1.83. The van der Waals surface area contributed by atoms with Crippen molar-refractivity contribution in [3.05, 3.63) is 132 Å². The van der Waals surface area contributed by atoms with Crippen LogP contribution in [0.1, 0.15) is 23.6 Å². The second-order valence-corrected chi connectivity index (χ2v) is 12.8. The zero-order valence-electron chi connectivity index (χ0n) is 23.0. The Bertz CT molecular complexity index is 1980. The molecular weight excluding hydrogens is 608 g/mol. The lowest BCUT2D eigenvalue weighted by atomic mass is 9.71. The Morgan fingerprint density at radius 2 is 1.02 bits per heavy atom. The van der Waals surface area contributed by atoms with Gasteiger partial charge in [0, 0.05) is 17.5 Å². The molecule has 0 spiro atoms. The van der Waals surface area contributed by atoms with Gasteiger partial charge in [0.25, 0.3) is 20.2 Å². The van der Waals surface area contributed by atoms with Crippen molar-refractivity contribution in [3.8, 4) is 34.5 Å². The molecule has 44 heavy (non-hydrogen) atoms. The average molecular weight is 635 g/mol. The Morgan fingerprint density at radius 1 is 0.545 bits per heavy atom. The molecular formula is C32H26O10S2. The third-order valence-corrected chi connectivity index (χ3v) is 8.81. The first-order valence-electron chi connectivity index (χ1n) is 13.0. The van der Waals surface area contributed by atoms with Crippen LogP contribution in [-0.4, -0.2) is 36.2 Å². The molecule has 0 saturated heterocycles. The summed E-state index contributed by atoms with van der Waals surface area (Å²) in [6.07, 6.45) is 0. The maximum Gasteiger partial charge on any atom is 0.298 e. The van der Waals surface area contributed by atoms with Gasteiger partial charge in [0.15, 0.2) is 0 Å². The predicted octanol–water partition coefficient (Wildman–Crippen LogP) is 6.53. The molecule has 0 heterocycles. The monoisotopic (exact) mass is 634 g/mol. The number of ether oxygens (including phenoxy) is 2.